The zero-order valence-corrected chi connectivity index (χ0v) is 11.6. The number of hydrogen-bond donors (Lipinski definition) is 4. The molecule has 0 bridgehead atoms. The van der Waals surface area contributed by atoms with E-state index in [1.165, 1.54) is 0 Å². The molecule has 1 saturated carbocycles. The first-order chi connectivity index (χ1) is 9.41. The van der Waals surface area contributed by atoms with Crippen molar-refractivity contribution in [3.8, 4) is 0 Å². The minimum atomic E-state index is -1.16. The number of carboxylic acids is 1. The average molecular weight is 285 g/mol. The number of amides is 2. The fourth-order valence-electron chi connectivity index (χ4n) is 2.61. The van der Waals surface area contributed by atoms with Crippen LogP contribution in [-0.4, -0.2) is 35.5 Å². The Morgan fingerprint density at radius 2 is 1.80 bits per heavy atom. The fourth-order valence-corrected chi connectivity index (χ4v) is 2.61. The summed E-state index contributed by atoms with van der Waals surface area (Å²) in [5, 5.41) is 11.6. The van der Waals surface area contributed by atoms with Crippen molar-refractivity contribution in [2.24, 2.45) is 16.9 Å². The summed E-state index contributed by atoms with van der Waals surface area (Å²) in [6.07, 6.45) is 4.19. The molecule has 114 valence electrons. The van der Waals surface area contributed by atoms with E-state index in [2.05, 4.69) is 5.32 Å². The van der Waals surface area contributed by atoms with Gasteiger partial charge in [0.05, 0.1) is 5.41 Å². The number of carboxylic acid groups (broad SMARTS) is 1. The van der Waals surface area contributed by atoms with Gasteiger partial charge in [-0.2, -0.15) is 0 Å². The van der Waals surface area contributed by atoms with Gasteiger partial charge in [-0.15, -0.1) is 0 Å². The van der Waals surface area contributed by atoms with E-state index in [4.69, 9.17) is 16.6 Å². The minimum absolute atomic E-state index is 0.00292. The first-order valence-corrected chi connectivity index (χ1v) is 6.93. The molecule has 1 atom stereocenters. The molecule has 0 aliphatic heterocycles. The predicted octanol–water partition coefficient (Wildman–Crippen LogP) is -0.269. The summed E-state index contributed by atoms with van der Waals surface area (Å²) in [5.41, 5.74) is 10.1. The molecule has 0 saturated heterocycles. The van der Waals surface area contributed by atoms with Crippen LogP contribution in [0.25, 0.3) is 0 Å². The van der Waals surface area contributed by atoms with E-state index in [-0.39, 0.29) is 25.3 Å². The highest BCUT2D eigenvalue weighted by molar-refractivity contribution is 5.88. The van der Waals surface area contributed by atoms with Gasteiger partial charge in [0.15, 0.2) is 0 Å². The quantitative estimate of drug-likeness (QED) is 0.510. The summed E-state index contributed by atoms with van der Waals surface area (Å²) in [7, 11) is 0. The number of nitrogens with one attached hydrogen (secondary N) is 1. The Hall–Kier alpha value is -1.63. The third-order valence-electron chi connectivity index (χ3n) is 3.97. The lowest BCUT2D eigenvalue weighted by atomic mass is 9.73. The molecule has 1 unspecified atom stereocenters. The van der Waals surface area contributed by atoms with E-state index in [1.807, 2.05) is 0 Å². The van der Waals surface area contributed by atoms with Gasteiger partial charge in [-0.1, -0.05) is 19.3 Å². The van der Waals surface area contributed by atoms with Crippen molar-refractivity contribution in [2.75, 3.05) is 6.54 Å². The lowest BCUT2D eigenvalue weighted by Gasteiger charge is -2.35. The molecule has 20 heavy (non-hydrogen) atoms. The first-order valence-electron chi connectivity index (χ1n) is 6.93. The first kappa shape index (κ1) is 16.4. The van der Waals surface area contributed by atoms with Crippen LogP contribution in [0.3, 0.4) is 0 Å². The Bertz CT molecular complexity index is 378. The number of primary amides is 1. The highest BCUT2D eigenvalue weighted by atomic mass is 16.4. The van der Waals surface area contributed by atoms with Crippen molar-refractivity contribution < 1.29 is 19.5 Å². The lowest BCUT2D eigenvalue weighted by Crippen LogP contribution is -2.52. The monoisotopic (exact) mass is 285 g/mol. The second-order valence-corrected chi connectivity index (χ2v) is 5.41. The molecule has 0 heterocycles. The summed E-state index contributed by atoms with van der Waals surface area (Å²) >= 11 is 0. The van der Waals surface area contributed by atoms with Gasteiger partial charge in [-0.05, 0) is 19.3 Å². The van der Waals surface area contributed by atoms with Crippen molar-refractivity contribution in [3.63, 3.8) is 0 Å². The Balaban J connectivity index is 2.68. The highest BCUT2D eigenvalue weighted by Gasteiger charge is 2.39. The maximum absolute atomic E-state index is 12.3. The smallest absolute Gasteiger partial charge is 0.326 e. The SMILES string of the molecule is NCC1(C(=O)NC(CCC(N)=O)C(=O)O)CCCCC1. The lowest BCUT2D eigenvalue weighted by molar-refractivity contribution is -0.144. The average Bonchev–Trinajstić information content (AvgIpc) is 2.43. The van der Waals surface area contributed by atoms with Gasteiger partial charge in [0.25, 0.3) is 0 Å². The molecule has 7 heteroatoms. The number of rotatable bonds is 7. The standard InChI is InChI=1S/C13H23N3O4/c14-8-13(6-2-1-3-7-13)12(20)16-9(11(18)19)4-5-10(15)17/h9H,1-8,14H2,(H2,15,17)(H,16,20)(H,18,19). The maximum Gasteiger partial charge on any atom is 0.326 e. The summed E-state index contributed by atoms with van der Waals surface area (Å²) in [4.78, 5) is 34.2. The third-order valence-corrected chi connectivity index (χ3v) is 3.97. The molecule has 0 spiro atoms. The van der Waals surface area contributed by atoms with Crippen LogP contribution in [0.1, 0.15) is 44.9 Å². The van der Waals surface area contributed by atoms with Gasteiger partial charge in [0.1, 0.15) is 6.04 Å². The highest BCUT2D eigenvalue weighted by Crippen LogP contribution is 2.35. The second kappa shape index (κ2) is 7.23. The number of nitrogens with two attached hydrogens (primary N) is 2. The van der Waals surface area contributed by atoms with E-state index in [1.54, 1.807) is 0 Å². The van der Waals surface area contributed by atoms with Crippen molar-refractivity contribution >= 4 is 17.8 Å². The zero-order valence-electron chi connectivity index (χ0n) is 11.6. The van der Waals surface area contributed by atoms with Crippen molar-refractivity contribution in [1.82, 2.24) is 5.32 Å². The summed E-state index contributed by atoms with van der Waals surface area (Å²) in [6.45, 7) is 0.209. The molecule has 0 aromatic heterocycles. The van der Waals surface area contributed by atoms with Crippen LogP contribution in [0.15, 0.2) is 0 Å². The van der Waals surface area contributed by atoms with Gasteiger partial charge < -0.3 is 21.9 Å². The third kappa shape index (κ3) is 4.19. The van der Waals surface area contributed by atoms with Crippen LogP contribution >= 0.6 is 0 Å². The minimum Gasteiger partial charge on any atom is -0.480 e. The molecule has 7 nitrogen and oxygen atoms in total. The molecular formula is C13H23N3O4. The summed E-state index contributed by atoms with van der Waals surface area (Å²) in [6, 6.07) is -1.10. The van der Waals surface area contributed by atoms with E-state index < -0.39 is 23.3 Å². The van der Waals surface area contributed by atoms with Gasteiger partial charge >= 0.3 is 5.97 Å². The van der Waals surface area contributed by atoms with Crippen molar-refractivity contribution in [3.05, 3.63) is 0 Å². The van der Waals surface area contributed by atoms with Crippen LogP contribution < -0.4 is 16.8 Å². The molecule has 2 amide bonds. The van der Waals surface area contributed by atoms with Crippen molar-refractivity contribution in [1.29, 1.82) is 0 Å². The molecule has 1 aliphatic rings. The molecular weight excluding hydrogens is 262 g/mol. The molecule has 1 aliphatic carbocycles. The number of carbonyl (C=O) groups excluding carboxylic acids is 2. The van der Waals surface area contributed by atoms with E-state index in [0.717, 1.165) is 19.3 Å². The molecule has 6 N–H and O–H groups in total. The fraction of sp³-hybridized carbons (Fsp3) is 0.769. The Kier molecular flexibility index (Phi) is 5.94. The summed E-state index contributed by atoms with van der Waals surface area (Å²) in [5.74, 6) is -2.07. The Labute approximate surface area is 118 Å². The molecule has 1 fully saturated rings. The molecule has 1 rings (SSSR count). The molecule has 0 radical (unpaired) electrons. The zero-order chi connectivity index (χ0) is 15.2. The normalized spacial score (nSPS) is 19.1. The van der Waals surface area contributed by atoms with E-state index in [0.29, 0.717) is 12.8 Å². The second-order valence-electron chi connectivity index (χ2n) is 5.41. The number of hydrogen-bond acceptors (Lipinski definition) is 4. The van der Waals surface area contributed by atoms with E-state index in [9.17, 15) is 14.4 Å². The molecule has 0 aromatic rings. The Morgan fingerprint density at radius 3 is 2.25 bits per heavy atom. The topological polar surface area (TPSA) is 136 Å². The number of aliphatic carboxylic acids is 1. The van der Waals surface area contributed by atoms with Crippen molar-refractivity contribution in [2.45, 2.75) is 51.0 Å². The van der Waals surface area contributed by atoms with Crippen LogP contribution in [0, 0.1) is 5.41 Å². The van der Waals surface area contributed by atoms with Crippen LogP contribution in [0.4, 0.5) is 0 Å². The van der Waals surface area contributed by atoms with Gasteiger partial charge in [-0.3, -0.25) is 9.59 Å². The largest absolute Gasteiger partial charge is 0.480 e. The van der Waals surface area contributed by atoms with Gasteiger partial charge in [0, 0.05) is 13.0 Å². The van der Waals surface area contributed by atoms with Crippen LogP contribution in [0.5, 0.6) is 0 Å². The van der Waals surface area contributed by atoms with Gasteiger partial charge in [0.2, 0.25) is 11.8 Å². The Morgan fingerprint density at radius 1 is 1.20 bits per heavy atom. The summed E-state index contributed by atoms with van der Waals surface area (Å²) < 4.78 is 0. The van der Waals surface area contributed by atoms with Gasteiger partial charge in [-0.25, -0.2) is 4.79 Å². The predicted molar refractivity (Wildman–Crippen MR) is 72.6 cm³/mol. The van der Waals surface area contributed by atoms with Crippen LogP contribution in [0.2, 0.25) is 0 Å². The van der Waals surface area contributed by atoms with E-state index >= 15 is 0 Å². The van der Waals surface area contributed by atoms with Crippen LogP contribution in [-0.2, 0) is 14.4 Å². The maximum atomic E-state index is 12.3. The number of carbonyl (C=O) groups is 3. The molecule has 0 aromatic carbocycles.